The van der Waals surface area contributed by atoms with E-state index in [1.54, 1.807) is 0 Å². The number of hydrogen-bond donors (Lipinski definition) is 5. The summed E-state index contributed by atoms with van der Waals surface area (Å²) in [6, 6.07) is 0. The second-order valence-corrected chi connectivity index (χ2v) is 6.49. The van der Waals surface area contributed by atoms with Crippen LogP contribution >= 0.6 is 7.82 Å². The van der Waals surface area contributed by atoms with Gasteiger partial charge >= 0.3 is 7.82 Å². The first-order valence-electron chi connectivity index (χ1n) is 7.11. The minimum atomic E-state index is -5.12. The van der Waals surface area contributed by atoms with E-state index >= 15 is 0 Å². The molecule has 0 aliphatic carbocycles. The summed E-state index contributed by atoms with van der Waals surface area (Å²) in [5, 5.41) is 23.2. The van der Waals surface area contributed by atoms with Crippen molar-refractivity contribution in [3.05, 3.63) is 23.1 Å². The van der Waals surface area contributed by atoms with Gasteiger partial charge in [0.25, 0.3) is 0 Å². The molecular formula is C10H13N8O8P. The second kappa shape index (κ2) is 7.22. The topological polar surface area (TPSA) is 244 Å². The summed E-state index contributed by atoms with van der Waals surface area (Å²) in [6.45, 7) is 0. The Morgan fingerprint density at radius 3 is 2.78 bits per heavy atom. The van der Waals surface area contributed by atoms with E-state index in [1.807, 2.05) is 0 Å². The molecule has 1 saturated heterocycles. The van der Waals surface area contributed by atoms with Crippen LogP contribution in [0.3, 0.4) is 0 Å². The number of nitrogens with two attached hydrogens (primary N) is 1. The number of anilines is 1. The van der Waals surface area contributed by atoms with Crippen molar-refractivity contribution in [2.45, 2.75) is 30.8 Å². The number of azide groups is 1. The third-order valence-corrected chi connectivity index (χ3v) is 4.12. The Kier molecular flexibility index (Phi) is 5.14. The van der Waals surface area contributed by atoms with Gasteiger partial charge in [-0.3, -0.25) is 4.57 Å². The van der Waals surface area contributed by atoms with Crippen molar-refractivity contribution in [1.29, 1.82) is 0 Å². The van der Waals surface area contributed by atoms with E-state index < -0.39 is 38.7 Å². The number of rotatable bonds is 6. The van der Waals surface area contributed by atoms with E-state index in [0.29, 0.717) is 0 Å². The molecule has 2 aromatic heterocycles. The third-order valence-electron chi connectivity index (χ3n) is 3.63. The van der Waals surface area contributed by atoms with Crippen LogP contribution in [0.4, 0.5) is 5.82 Å². The van der Waals surface area contributed by atoms with Crippen molar-refractivity contribution in [1.82, 2.24) is 19.5 Å². The number of phosphoric acid groups is 1. The lowest BCUT2D eigenvalue weighted by atomic mass is 10.1. The summed E-state index contributed by atoms with van der Waals surface area (Å²) >= 11 is 0. The largest absolute Gasteiger partial charge is 0.472 e. The van der Waals surface area contributed by atoms with Crippen LogP contribution in [-0.4, -0.2) is 64.1 Å². The maximum absolute atomic E-state index is 11.1. The van der Waals surface area contributed by atoms with Crippen LogP contribution in [0.15, 0.2) is 17.9 Å². The second-order valence-electron chi connectivity index (χ2n) is 5.30. The number of ether oxygens (including phenoxy) is 1. The van der Waals surface area contributed by atoms with Gasteiger partial charge in [-0.25, -0.2) is 24.0 Å². The van der Waals surface area contributed by atoms with Gasteiger partial charge in [0, 0.05) is 4.91 Å². The Balaban J connectivity index is 1.92. The molecule has 146 valence electrons. The molecule has 16 nitrogen and oxygen atoms in total. The van der Waals surface area contributed by atoms with Gasteiger partial charge in [-0.15, -0.1) is 0 Å². The van der Waals surface area contributed by atoms with Crippen LogP contribution in [0.1, 0.15) is 6.23 Å². The van der Waals surface area contributed by atoms with Crippen molar-refractivity contribution < 1.29 is 38.7 Å². The third kappa shape index (κ3) is 3.78. The number of aliphatic hydroxyl groups excluding tert-OH is 2. The lowest BCUT2D eigenvalue weighted by Crippen LogP contribution is -2.40. The SMILES string of the molecule is [N-]=[N+]=NOC(OP(=O)(O)O)[C@H]1O[C@@H](n2cnc3c(N)ncnc32)[C@H](O)[C@@H]1O. The highest BCUT2D eigenvalue weighted by Gasteiger charge is 2.50. The van der Waals surface area contributed by atoms with Crippen molar-refractivity contribution in [2.75, 3.05) is 5.73 Å². The van der Waals surface area contributed by atoms with Gasteiger partial charge in [0.1, 0.15) is 29.3 Å². The molecule has 27 heavy (non-hydrogen) atoms. The standard InChI is InChI=1S/C10H13N8O8P/c11-7-3-8(14-1-13-7)18(2-15-3)9-5(20)4(19)6(24-9)10(25-17-16-12)26-27(21,22)23/h1-2,4-6,9-10,19-20H,(H2,11,13,14)(H2,21,22,23)/t4-,5+,6-,9+,10?/m0/s1. The summed E-state index contributed by atoms with van der Waals surface area (Å²) in [5.41, 5.74) is 14.4. The average Bonchev–Trinajstić information content (AvgIpc) is 3.14. The first-order valence-corrected chi connectivity index (χ1v) is 8.64. The molecule has 0 bridgehead atoms. The number of nitrogens with zero attached hydrogens (tertiary/aromatic N) is 7. The van der Waals surface area contributed by atoms with Crippen molar-refractivity contribution in [2.24, 2.45) is 5.28 Å². The number of hydrogen-bond acceptors (Lipinski definition) is 11. The van der Waals surface area contributed by atoms with Crippen molar-refractivity contribution >= 4 is 24.8 Å². The predicted molar refractivity (Wildman–Crippen MR) is 82.8 cm³/mol. The highest BCUT2D eigenvalue weighted by atomic mass is 31.2. The van der Waals surface area contributed by atoms with E-state index in [2.05, 4.69) is 34.5 Å². The fourth-order valence-corrected chi connectivity index (χ4v) is 2.97. The number of aliphatic hydroxyl groups is 2. The van der Waals surface area contributed by atoms with E-state index in [4.69, 9.17) is 25.8 Å². The van der Waals surface area contributed by atoms with Gasteiger partial charge in [0.2, 0.25) is 6.29 Å². The molecule has 17 heteroatoms. The van der Waals surface area contributed by atoms with E-state index in [1.165, 1.54) is 10.9 Å². The molecule has 0 spiro atoms. The quantitative estimate of drug-likeness (QED) is 0.0942. The summed E-state index contributed by atoms with van der Waals surface area (Å²) in [5.74, 6) is 0.0673. The molecule has 1 unspecified atom stereocenters. The maximum atomic E-state index is 11.1. The molecule has 3 heterocycles. The Bertz CT molecular complexity index is 927. The lowest BCUT2D eigenvalue weighted by Gasteiger charge is -2.23. The first kappa shape index (κ1) is 19.2. The summed E-state index contributed by atoms with van der Waals surface area (Å²) in [7, 11) is -5.12. The zero-order valence-corrected chi connectivity index (χ0v) is 14.0. The van der Waals surface area contributed by atoms with Crippen LogP contribution in [0.5, 0.6) is 0 Å². The molecule has 5 atom stereocenters. The fourth-order valence-electron chi connectivity index (χ4n) is 2.54. The predicted octanol–water partition coefficient (Wildman–Crippen LogP) is -1.30. The molecule has 0 amide bonds. The monoisotopic (exact) mass is 404 g/mol. The fraction of sp³-hybridized carbons (Fsp3) is 0.500. The van der Waals surface area contributed by atoms with Crippen molar-refractivity contribution in [3.63, 3.8) is 0 Å². The van der Waals surface area contributed by atoms with Gasteiger partial charge in [-0.05, 0) is 5.53 Å². The van der Waals surface area contributed by atoms with Gasteiger partial charge in [0.15, 0.2) is 23.8 Å². The summed E-state index contributed by atoms with van der Waals surface area (Å²) in [4.78, 5) is 36.4. The van der Waals surface area contributed by atoms with Gasteiger partial charge in [0.05, 0.1) is 6.33 Å². The molecule has 1 aliphatic heterocycles. The molecule has 3 rings (SSSR count). The molecule has 0 aromatic carbocycles. The number of nitrogen functional groups attached to an aromatic ring is 1. The van der Waals surface area contributed by atoms with E-state index in [0.717, 1.165) is 6.33 Å². The van der Waals surface area contributed by atoms with Crippen LogP contribution in [0.25, 0.3) is 21.6 Å². The average molecular weight is 404 g/mol. The lowest BCUT2D eigenvalue weighted by molar-refractivity contribution is -0.189. The van der Waals surface area contributed by atoms with E-state index in [9.17, 15) is 14.8 Å². The minimum absolute atomic E-state index is 0.0673. The van der Waals surface area contributed by atoms with E-state index in [-0.39, 0.29) is 17.0 Å². The zero-order chi connectivity index (χ0) is 19.8. The molecule has 1 aliphatic rings. The van der Waals surface area contributed by atoms with Gasteiger partial charge < -0.3 is 35.3 Å². The van der Waals surface area contributed by atoms with Crippen molar-refractivity contribution in [3.8, 4) is 0 Å². The maximum Gasteiger partial charge on any atom is 0.472 e. The van der Waals surface area contributed by atoms with Gasteiger partial charge in [-0.1, -0.05) is 0 Å². The molecule has 0 saturated carbocycles. The molecular weight excluding hydrogens is 391 g/mol. The number of fused-ring (bicyclic) bond motifs is 1. The summed E-state index contributed by atoms with van der Waals surface area (Å²) in [6.07, 6.45) is -5.95. The molecule has 2 aromatic rings. The summed E-state index contributed by atoms with van der Waals surface area (Å²) < 4.78 is 22.1. The highest BCUT2D eigenvalue weighted by Crippen LogP contribution is 2.42. The Morgan fingerprint density at radius 2 is 2.11 bits per heavy atom. The van der Waals surface area contributed by atoms with Crippen LogP contribution in [0, 0.1) is 0 Å². The zero-order valence-electron chi connectivity index (χ0n) is 13.1. The Labute approximate surface area is 149 Å². The highest BCUT2D eigenvalue weighted by molar-refractivity contribution is 7.46. The number of aromatic nitrogens is 4. The number of imidazole rings is 1. The Morgan fingerprint density at radius 1 is 1.37 bits per heavy atom. The van der Waals surface area contributed by atoms with Crippen LogP contribution in [0.2, 0.25) is 0 Å². The molecule has 6 N–H and O–H groups in total. The van der Waals surface area contributed by atoms with Crippen LogP contribution in [-0.2, 0) is 18.7 Å². The van der Waals surface area contributed by atoms with Gasteiger partial charge in [-0.2, -0.15) is 0 Å². The molecule has 1 fully saturated rings. The first-order chi connectivity index (χ1) is 12.7. The normalized spacial score (nSPS) is 26.7. The number of phosphoric ester groups is 1. The smallest absolute Gasteiger partial charge is 0.399 e. The Hall–Kier alpha value is -2.55. The van der Waals surface area contributed by atoms with Crippen LogP contribution < -0.4 is 5.73 Å². The minimum Gasteiger partial charge on any atom is -0.399 e. The molecule has 0 radical (unpaired) electrons.